The molecule has 3 nitrogen and oxygen atoms in total. The largest absolute Gasteiger partial charge is 0.544 e. The van der Waals surface area contributed by atoms with Gasteiger partial charge in [0, 0.05) is 6.42 Å². The first-order valence-corrected chi connectivity index (χ1v) is 9.36. The highest BCUT2D eigenvalue weighted by atomic mass is 16.4. The minimum atomic E-state index is -0.907. The third-order valence-electron chi connectivity index (χ3n) is 5.58. The van der Waals surface area contributed by atoms with E-state index in [1.54, 1.807) is 0 Å². The van der Waals surface area contributed by atoms with Crippen LogP contribution in [0.3, 0.4) is 0 Å². The minimum absolute atomic E-state index is 0.493. The maximum atomic E-state index is 11.6. The van der Waals surface area contributed by atoms with Gasteiger partial charge in [-0.25, -0.2) is 0 Å². The van der Waals surface area contributed by atoms with Gasteiger partial charge in [-0.2, -0.15) is 0 Å². The third kappa shape index (κ3) is 7.13. The quantitative estimate of drug-likeness (QED) is 0.360. The van der Waals surface area contributed by atoms with Crippen molar-refractivity contribution in [2.75, 3.05) is 20.6 Å². The van der Waals surface area contributed by atoms with Gasteiger partial charge in [-0.1, -0.05) is 64.7 Å². The number of unbranched alkanes of at least 4 members (excludes halogenated alkanes) is 9. The number of quaternary nitrogens is 1. The first kappa shape index (κ1) is 21.4. The van der Waals surface area contributed by atoms with Crippen molar-refractivity contribution in [3.05, 3.63) is 0 Å². The Morgan fingerprint density at radius 2 is 1.27 bits per heavy atom. The summed E-state index contributed by atoms with van der Waals surface area (Å²) in [6.45, 7) is 6.94. The fourth-order valence-electron chi connectivity index (χ4n) is 2.96. The van der Waals surface area contributed by atoms with E-state index in [1.165, 1.54) is 51.4 Å². The van der Waals surface area contributed by atoms with Crippen LogP contribution >= 0.6 is 0 Å². The lowest BCUT2D eigenvalue weighted by molar-refractivity contribution is -0.931. The number of carboxylic acids is 1. The van der Waals surface area contributed by atoms with Crippen LogP contribution in [0.4, 0.5) is 0 Å². The minimum Gasteiger partial charge on any atom is -0.544 e. The summed E-state index contributed by atoms with van der Waals surface area (Å²) in [5.74, 6) is -0.907. The zero-order valence-electron chi connectivity index (χ0n) is 15.7. The number of carbonyl (C=O) groups is 1. The van der Waals surface area contributed by atoms with E-state index in [4.69, 9.17) is 0 Å². The molecule has 3 heteroatoms. The number of nitrogens with zero attached hydrogens (tertiary/aromatic N) is 1. The summed E-state index contributed by atoms with van der Waals surface area (Å²) < 4.78 is 0.493. The fraction of sp³-hybridized carbons (Fsp3) is 0.947. The number of carbonyl (C=O) groups excluding carboxylic acids is 1. The van der Waals surface area contributed by atoms with Gasteiger partial charge in [0.2, 0.25) is 0 Å². The molecular weight excluding hydrogens is 274 g/mol. The van der Waals surface area contributed by atoms with Gasteiger partial charge in [0.15, 0.2) is 0 Å². The van der Waals surface area contributed by atoms with Crippen LogP contribution < -0.4 is 5.11 Å². The summed E-state index contributed by atoms with van der Waals surface area (Å²) in [7, 11) is 3.98. The van der Waals surface area contributed by atoms with Gasteiger partial charge in [0.25, 0.3) is 0 Å². The maximum Gasteiger partial charge on any atom is 0.136 e. The number of aliphatic carboxylic acids is 1. The van der Waals surface area contributed by atoms with Crippen molar-refractivity contribution in [2.24, 2.45) is 0 Å². The van der Waals surface area contributed by atoms with Crippen LogP contribution in [-0.2, 0) is 4.79 Å². The third-order valence-corrected chi connectivity index (χ3v) is 5.58. The lowest BCUT2D eigenvalue weighted by Crippen LogP contribution is -2.66. The Hall–Kier alpha value is -0.570. The van der Waals surface area contributed by atoms with Crippen molar-refractivity contribution in [3.63, 3.8) is 0 Å². The van der Waals surface area contributed by atoms with Gasteiger partial charge in [0.05, 0.1) is 20.6 Å². The number of hydrogen-bond donors (Lipinski definition) is 0. The van der Waals surface area contributed by atoms with Crippen molar-refractivity contribution in [3.8, 4) is 0 Å². The highest BCUT2D eigenvalue weighted by Gasteiger charge is 2.40. The van der Waals surface area contributed by atoms with Gasteiger partial charge in [-0.15, -0.1) is 0 Å². The van der Waals surface area contributed by atoms with Crippen LogP contribution in [0.15, 0.2) is 0 Å². The molecule has 132 valence electrons. The standard InChI is InChI=1S/C19H39NO2/c1-6-8-9-10-11-12-13-14-15-16-17-19(3,18(21)22)20(4,5)7-2/h6-17H2,1-5H3. The van der Waals surface area contributed by atoms with Crippen molar-refractivity contribution < 1.29 is 14.4 Å². The first-order chi connectivity index (χ1) is 10.3. The van der Waals surface area contributed by atoms with Gasteiger partial charge >= 0.3 is 0 Å². The second-order valence-corrected chi connectivity index (χ2v) is 7.49. The van der Waals surface area contributed by atoms with Crippen LogP contribution in [0.1, 0.15) is 91.4 Å². The average molecular weight is 314 g/mol. The molecule has 0 aromatic heterocycles. The van der Waals surface area contributed by atoms with Crippen LogP contribution in [-0.4, -0.2) is 36.6 Å². The normalized spacial score (nSPS) is 14.8. The molecule has 0 amide bonds. The van der Waals surface area contributed by atoms with Crippen LogP contribution in [0, 0.1) is 0 Å². The van der Waals surface area contributed by atoms with E-state index in [0.29, 0.717) is 10.9 Å². The molecule has 0 fully saturated rings. The predicted molar refractivity (Wildman–Crippen MR) is 92.5 cm³/mol. The van der Waals surface area contributed by atoms with Crippen LogP contribution in [0.2, 0.25) is 0 Å². The topological polar surface area (TPSA) is 40.1 Å². The molecule has 1 unspecified atom stereocenters. The Morgan fingerprint density at radius 1 is 0.864 bits per heavy atom. The molecule has 0 N–H and O–H groups in total. The summed E-state index contributed by atoms with van der Waals surface area (Å²) in [6.07, 6.45) is 13.5. The molecule has 0 spiro atoms. The van der Waals surface area contributed by atoms with Gasteiger partial charge < -0.3 is 14.4 Å². The number of likely N-dealkylation sites (N-methyl/N-ethyl adjacent to an activating group) is 1. The molecule has 0 aliphatic heterocycles. The predicted octanol–water partition coefficient (Wildman–Crippen LogP) is 3.90. The second-order valence-electron chi connectivity index (χ2n) is 7.49. The van der Waals surface area contributed by atoms with E-state index in [0.717, 1.165) is 19.4 Å². The summed E-state index contributed by atoms with van der Waals surface area (Å²) in [5, 5.41) is 11.6. The van der Waals surface area contributed by atoms with Crippen molar-refractivity contribution in [1.29, 1.82) is 0 Å². The summed E-state index contributed by atoms with van der Waals surface area (Å²) in [6, 6.07) is 0. The van der Waals surface area contributed by atoms with Gasteiger partial charge in [0.1, 0.15) is 11.5 Å². The fourth-order valence-corrected chi connectivity index (χ4v) is 2.96. The van der Waals surface area contributed by atoms with E-state index in [1.807, 2.05) is 27.9 Å². The molecule has 0 saturated heterocycles. The van der Waals surface area contributed by atoms with Crippen LogP contribution in [0.25, 0.3) is 0 Å². The Labute approximate surface area is 138 Å². The number of rotatable bonds is 14. The van der Waals surface area contributed by atoms with Crippen LogP contribution in [0.5, 0.6) is 0 Å². The van der Waals surface area contributed by atoms with E-state index >= 15 is 0 Å². The molecular formula is C19H39NO2. The average Bonchev–Trinajstić information content (AvgIpc) is 2.48. The lowest BCUT2D eigenvalue weighted by atomic mass is 9.90. The Kier molecular flexibility index (Phi) is 10.8. The molecule has 0 rings (SSSR count). The van der Waals surface area contributed by atoms with E-state index in [9.17, 15) is 9.90 Å². The monoisotopic (exact) mass is 313 g/mol. The maximum absolute atomic E-state index is 11.6. The lowest BCUT2D eigenvalue weighted by Gasteiger charge is -2.47. The molecule has 0 aliphatic rings. The van der Waals surface area contributed by atoms with E-state index in [2.05, 4.69) is 6.92 Å². The molecule has 0 saturated carbocycles. The molecule has 0 radical (unpaired) electrons. The molecule has 0 aromatic carbocycles. The smallest absolute Gasteiger partial charge is 0.136 e. The van der Waals surface area contributed by atoms with E-state index < -0.39 is 11.5 Å². The molecule has 0 aromatic rings. The molecule has 0 aliphatic carbocycles. The Bertz CT molecular complexity index is 302. The zero-order chi connectivity index (χ0) is 17.1. The van der Waals surface area contributed by atoms with Crippen molar-refractivity contribution >= 4 is 5.97 Å². The van der Waals surface area contributed by atoms with Crippen molar-refractivity contribution in [2.45, 2.75) is 96.9 Å². The first-order valence-electron chi connectivity index (χ1n) is 9.36. The Morgan fingerprint density at radius 3 is 1.64 bits per heavy atom. The summed E-state index contributed by atoms with van der Waals surface area (Å²) in [5.41, 5.74) is -0.769. The molecule has 1 atom stereocenters. The second kappa shape index (κ2) is 11.0. The molecule has 0 bridgehead atoms. The van der Waals surface area contributed by atoms with Gasteiger partial charge in [-0.3, -0.25) is 0 Å². The van der Waals surface area contributed by atoms with Crippen molar-refractivity contribution in [1.82, 2.24) is 0 Å². The Balaban J connectivity index is 3.86. The zero-order valence-corrected chi connectivity index (χ0v) is 15.7. The summed E-state index contributed by atoms with van der Waals surface area (Å²) in [4.78, 5) is 11.6. The van der Waals surface area contributed by atoms with Gasteiger partial charge in [-0.05, 0) is 20.3 Å². The molecule has 0 heterocycles. The highest BCUT2D eigenvalue weighted by molar-refractivity contribution is 5.74. The van der Waals surface area contributed by atoms with E-state index in [-0.39, 0.29) is 0 Å². The SMILES string of the molecule is CCCCCCCCCCCCC(C)(C(=O)[O-])[N+](C)(C)CC. The number of hydrogen-bond acceptors (Lipinski definition) is 2. The summed E-state index contributed by atoms with van der Waals surface area (Å²) >= 11 is 0. The molecule has 22 heavy (non-hydrogen) atoms. The highest BCUT2D eigenvalue weighted by Crippen LogP contribution is 2.27. The number of carboxylic acid groups (broad SMARTS) is 1.